The Bertz CT molecular complexity index is 819. The zero-order chi connectivity index (χ0) is 26.2. The van der Waals surface area contributed by atoms with Gasteiger partial charge in [-0.3, -0.25) is 14.4 Å². The molecule has 3 amide bonds. The Labute approximate surface area is 205 Å². The maximum atomic E-state index is 12.8. The second kappa shape index (κ2) is 16.4. The molecule has 0 aliphatic carbocycles. The second-order valence-electron chi connectivity index (χ2n) is 8.28. The zero-order valence-corrected chi connectivity index (χ0v) is 19.9. The summed E-state index contributed by atoms with van der Waals surface area (Å²) in [5.74, 6) is -2.95. The number of hydrogen-bond donors (Lipinski definition) is 8. The SMILES string of the molecule is NCCCC[C@H](NC(=O)CNC(=O)[C@H](Cc1ccc(O)cc1)NC(=O)[C@@H](N)CCCCN)C(=O)O. The largest absolute Gasteiger partial charge is 0.508 e. The summed E-state index contributed by atoms with van der Waals surface area (Å²) in [6, 6.07) is 3.15. The van der Waals surface area contributed by atoms with E-state index in [1.165, 1.54) is 12.1 Å². The molecule has 1 aromatic carbocycles. The Kier molecular flexibility index (Phi) is 14.0. The van der Waals surface area contributed by atoms with Crippen molar-refractivity contribution >= 4 is 23.7 Å². The standard InChI is InChI=1S/C23H38N6O6/c24-11-3-1-5-17(26)21(32)29-19(13-15-7-9-16(30)10-8-15)22(33)27-14-20(31)28-18(23(34)35)6-2-4-12-25/h7-10,17-19,30H,1-6,11-14,24-26H2,(H,27,33)(H,28,31)(H,29,32)(H,34,35)/t17-,18-,19-/m0/s1. The fourth-order valence-corrected chi connectivity index (χ4v) is 3.28. The summed E-state index contributed by atoms with van der Waals surface area (Å²) in [5.41, 5.74) is 17.5. The van der Waals surface area contributed by atoms with Crippen molar-refractivity contribution in [2.45, 2.75) is 63.1 Å². The molecular formula is C23H38N6O6. The minimum atomic E-state index is -1.18. The molecule has 0 unspecified atom stereocenters. The molecule has 11 N–H and O–H groups in total. The molecule has 12 nitrogen and oxygen atoms in total. The van der Waals surface area contributed by atoms with Crippen molar-refractivity contribution in [3.63, 3.8) is 0 Å². The van der Waals surface area contributed by atoms with Gasteiger partial charge in [-0.1, -0.05) is 18.6 Å². The van der Waals surface area contributed by atoms with Crippen molar-refractivity contribution in [3.05, 3.63) is 29.8 Å². The van der Waals surface area contributed by atoms with Crippen LogP contribution in [0.4, 0.5) is 0 Å². The number of carboxylic acid groups (broad SMARTS) is 1. The van der Waals surface area contributed by atoms with E-state index in [4.69, 9.17) is 17.2 Å². The second-order valence-corrected chi connectivity index (χ2v) is 8.28. The summed E-state index contributed by atoms with van der Waals surface area (Å²) in [5, 5.41) is 26.2. The lowest BCUT2D eigenvalue weighted by Gasteiger charge is -2.21. The Morgan fingerprint density at radius 3 is 2.00 bits per heavy atom. The van der Waals surface area contributed by atoms with Gasteiger partial charge in [0.15, 0.2) is 0 Å². The highest BCUT2D eigenvalue weighted by Gasteiger charge is 2.25. The van der Waals surface area contributed by atoms with Crippen molar-refractivity contribution in [3.8, 4) is 5.75 Å². The van der Waals surface area contributed by atoms with Crippen molar-refractivity contribution in [2.24, 2.45) is 17.2 Å². The maximum absolute atomic E-state index is 12.8. The molecule has 0 heterocycles. The third-order valence-electron chi connectivity index (χ3n) is 5.32. The molecule has 0 saturated heterocycles. The predicted octanol–water partition coefficient (Wildman–Crippen LogP) is -1.31. The van der Waals surface area contributed by atoms with E-state index >= 15 is 0 Å². The summed E-state index contributed by atoms with van der Waals surface area (Å²) in [4.78, 5) is 49.0. The highest BCUT2D eigenvalue weighted by Crippen LogP contribution is 2.12. The lowest BCUT2D eigenvalue weighted by atomic mass is 10.0. The molecule has 0 spiro atoms. The first kappa shape index (κ1) is 29.8. The number of rotatable bonds is 17. The topological polar surface area (TPSA) is 223 Å². The molecule has 1 aromatic rings. The van der Waals surface area contributed by atoms with Crippen LogP contribution in [0.5, 0.6) is 5.75 Å². The minimum absolute atomic E-state index is 0.0526. The van der Waals surface area contributed by atoms with Crippen LogP contribution in [0.2, 0.25) is 0 Å². The molecule has 0 fully saturated rings. The van der Waals surface area contributed by atoms with Crippen LogP contribution in [0.3, 0.4) is 0 Å². The van der Waals surface area contributed by atoms with Crippen molar-refractivity contribution < 1.29 is 29.4 Å². The molecule has 1 rings (SSSR count). The van der Waals surface area contributed by atoms with Crippen LogP contribution in [0.1, 0.15) is 44.1 Å². The maximum Gasteiger partial charge on any atom is 0.326 e. The number of nitrogens with two attached hydrogens (primary N) is 3. The molecule has 12 heteroatoms. The van der Waals surface area contributed by atoms with Gasteiger partial charge >= 0.3 is 5.97 Å². The molecule has 0 bridgehead atoms. The average molecular weight is 495 g/mol. The lowest BCUT2D eigenvalue weighted by Crippen LogP contribution is -2.54. The summed E-state index contributed by atoms with van der Waals surface area (Å²) in [7, 11) is 0. The van der Waals surface area contributed by atoms with Crippen LogP contribution in [0, 0.1) is 0 Å². The molecule has 196 valence electrons. The number of nitrogens with one attached hydrogen (secondary N) is 3. The lowest BCUT2D eigenvalue weighted by molar-refractivity contribution is -0.142. The van der Waals surface area contributed by atoms with Crippen LogP contribution >= 0.6 is 0 Å². The van der Waals surface area contributed by atoms with Crippen LogP contribution < -0.4 is 33.2 Å². The number of phenols is 1. The fraction of sp³-hybridized carbons (Fsp3) is 0.565. The number of benzene rings is 1. The summed E-state index contributed by atoms with van der Waals surface area (Å²) in [6.45, 7) is 0.434. The Balaban J connectivity index is 2.77. The molecule has 3 atom stereocenters. The quantitative estimate of drug-likeness (QED) is 0.120. The highest BCUT2D eigenvalue weighted by molar-refractivity contribution is 5.92. The van der Waals surface area contributed by atoms with Gasteiger partial charge in [-0.2, -0.15) is 0 Å². The molecule has 35 heavy (non-hydrogen) atoms. The van der Waals surface area contributed by atoms with Crippen LogP contribution in [0.25, 0.3) is 0 Å². The first-order valence-corrected chi connectivity index (χ1v) is 11.7. The third-order valence-corrected chi connectivity index (χ3v) is 5.32. The van der Waals surface area contributed by atoms with Gasteiger partial charge in [0.2, 0.25) is 17.7 Å². The molecule has 0 aliphatic rings. The average Bonchev–Trinajstić information content (AvgIpc) is 2.82. The van der Waals surface area contributed by atoms with Gasteiger partial charge in [0.25, 0.3) is 0 Å². The van der Waals surface area contributed by atoms with Gasteiger partial charge in [-0.25, -0.2) is 4.79 Å². The van der Waals surface area contributed by atoms with E-state index in [1.807, 2.05) is 0 Å². The highest BCUT2D eigenvalue weighted by atomic mass is 16.4. The molecule has 0 radical (unpaired) electrons. The predicted molar refractivity (Wildman–Crippen MR) is 130 cm³/mol. The molecule has 0 aliphatic heterocycles. The van der Waals surface area contributed by atoms with E-state index in [0.29, 0.717) is 44.3 Å². The zero-order valence-electron chi connectivity index (χ0n) is 19.9. The van der Waals surface area contributed by atoms with E-state index in [9.17, 15) is 29.4 Å². The van der Waals surface area contributed by atoms with E-state index in [0.717, 1.165) is 6.42 Å². The normalized spacial score (nSPS) is 13.3. The Hall–Kier alpha value is -3.22. The molecule has 0 aromatic heterocycles. The van der Waals surface area contributed by atoms with Gasteiger partial charge < -0.3 is 43.4 Å². The molecular weight excluding hydrogens is 456 g/mol. The smallest absolute Gasteiger partial charge is 0.326 e. The van der Waals surface area contributed by atoms with Crippen LogP contribution in [0.15, 0.2) is 24.3 Å². The number of amides is 3. The summed E-state index contributed by atoms with van der Waals surface area (Å²) in [6.07, 6.45) is 3.25. The number of unbranched alkanes of at least 4 members (excludes halogenated alkanes) is 2. The number of aliphatic carboxylic acids is 1. The molecule has 0 saturated carbocycles. The number of phenolic OH excluding ortho intramolecular Hbond substituents is 1. The summed E-state index contributed by atoms with van der Waals surface area (Å²) < 4.78 is 0. The summed E-state index contributed by atoms with van der Waals surface area (Å²) >= 11 is 0. The van der Waals surface area contributed by atoms with Gasteiger partial charge in [-0.05, 0) is 62.9 Å². The fourth-order valence-electron chi connectivity index (χ4n) is 3.28. The number of carboxylic acids is 1. The van der Waals surface area contributed by atoms with E-state index in [-0.39, 0.29) is 18.6 Å². The first-order chi connectivity index (χ1) is 16.7. The van der Waals surface area contributed by atoms with Crippen molar-refractivity contribution in [1.29, 1.82) is 0 Å². The van der Waals surface area contributed by atoms with Gasteiger partial charge in [-0.15, -0.1) is 0 Å². The van der Waals surface area contributed by atoms with Gasteiger partial charge in [0, 0.05) is 6.42 Å². The van der Waals surface area contributed by atoms with Crippen molar-refractivity contribution in [1.82, 2.24) is 16.0 Å². The number of aromatic hydroxyl groups is 1. The third kappa shape index (κ3) is 12.2. The Morgan fingerprint density at radius 1 is 0.829 bits per heavy atom. The minimum Gasteiger partial charge on any atom is -0.508 e. The number of carbonyl (C=O) groups is 4. The van der Waals surface area contributed by atoms with E-state index in [1.54, 1.807) is 12.1 Å². The van der Waals surface area contributed by atoms with Crippen LogP contribution in [-0.2, 0) is 25.6 Å². The van der Waals surface area contributed by atoms with Gasteiger partial charge in [0.05, 0.1) is 12.6 Å². The van der Waals surface area contributed by atoms with E-state index in [2.05, 4.69) is 16.0 Å². The monoisotopic (exact) mass is 494 g/mol. The number of carbonyl (C=O) groups excluding carboxylic acids is 3. The number of hydrogen-bond acceptors (Lipinski definition) is 8. The Morgan fingerprint density at radius 2 is 1.43 bits per heavy atom. The van der Waals surface area contributed by atoms with E-state index < -0.39 is 48.4 Å². The van der Waals surface area contributed by atoms with Gasteiger partial charge in [0.1, 0.15) is 17.8 Å². The first-order valence-electron chi connectivity index (χ1n) is 11.7. The van der Waals surface area contributed by atoms with Crippen LogP contribution in [-0.4, -0.2) is 71.7 Å². The van der Waals surface area contributed by atoms with Crippen molar-refractivity contribution in [2.75, 3.05) is 19.6 Å².